The number of carbonyl (C=O) groups is 1. The Morgan fingerprint density at radius 2 is 2.29 bits per heavy atom. The van der Waals surface area contributed by atoms with E-state index in [9.17, 15) is 4.79 Å². The molecule has 1 aliphatic heterocycles. The van der Waals surface area contributed by atoms with Crippen molar-refractivity contribution in [2.24, 2.45) is 0 Å². The molecule has 0 bridgehead atoms. The molecule has 0 aromatic rings. The smallest absolute Gasteiger partial charge is 0.332 e. The predicted molar refractivity (Wildman–Crippen MR) is 52.2 cm³/mol. The Kier molecular flexibility index (Phi) is 7.37. The number of hydrogen-bond acceptors (Lipinski definition) is 4. The van der Waals surface area contributed by atoms with Gasteiger partial charge in [-0.15, -0.1) is 0 Å². The maximum atomic E-state index is 9.45. The average Bonchev–Trinajstić information content (AvgIpc) is 2.20. The zero-order chi connectivity index (χ0) is 11.0. The molecule has 0 radical (unpaired) electrons. The van der Waals surface area contributed by atoms with Crippen LogP contribution in [-0.4, -0.2) is 48.1 Å². The first kappa shape index (κ1) is 13.4. The molecule has 1 fully saturated rings. The highest BCUT2D eigenvalue weighted by molar-refractivity contribution is 5.71. The largest absolute Gasteiger partial charge is 0.479 e. The van der Waals surface area contributed by atoms with Crippen LogP contribution in [0.3, 0.4) is 0 Å². The van der Waals surface area contributed by atoms with Crippen LogP contribution in [-0.2, 0) is 9.53 Å². The van der Waals surface area contributed by atoms with Crippen molar-refractivity contribution in [3.63, 3.8) is 0 Å². The summed E-state index contributed by atoms with van der Waals surface area (Å²) in [5, 5.41) is 19.0. The second kappa shape index (κ2) is 7.73. The Bertz CT molecular complexity index is 155. The third kappa shape index (κ3) is 6.82. The molecule has 0 aromatic carbocycles. The summed E-state index contributed by atoms with van der Waals surface area (Å²) in [7, 11) is 0. The Morgan fingerprint density at radius 1 is 1.71 bits per heavy atom. The second-order valence-corrected chi connectivity index (χ2v) is 3.12. The minimum Gasteiger partial charge on any atom is -0.479 e. The summed E-state index contributed by atoms with van der Waals surface area (Å²) in [6.07, 6.45) is 0.376. The molecule has 0 aromatic heterocycles. The molecule has 5 heteroatoms. The summed E-state index contributed by atoms with van der Waals surface area (Å²) in [6, 6.07) is 0. The highest BCUT2D eigenvalue weighted by Crippen LogP contribution is 1.98. The summed E-state index contributed by atoms with van der Waals surface area (Å²) in [5.74, 6) is -1.19. The van der Waals surface area contributed by atoms with Crippen LogP contribution in [0.1, 0.15) is 20.3 Å². The molecule has 14 heavy (non-hydrogen) atoms. The number of ether oxygens (including phenoxy) is 1. The highest BCUT2D eigenvalue weighted by atomic mass is 16.5. The van der Waals surface area contributed by atoms with Gasteiger partial charge in [0.05, 0.1) is 12.7 Å². The van der Waals surface area contributed by atoms with Crippen LogP contribution in [0.25, 0.3) is 0 Å². The number of morpholine rings is 1. The van der Waals surface area contributed by atoms with Gasteiger partial charge in [0.25, 0.3) is 0 Å². The third-order valence-corrected chi connectivity index (χ3v) is 1.82. The fourth-order valence-electron chi connectivity index (χ4n) is 0.882. The van der Waals surface area contributed by atoms with Gasteiger partial charge in [-0.05, 0) is 13.3 Å². The molecule has 0 aliphatic carbocycles. The summed E-state index contributed by atoms with van der Waals surface area (Å²) >= 11 is 0. The molecule has 5 nitrogen and oxygen atoms in total. The van der Waals surface area contributed by atoms with Gasteiger partial charge in [0.2, 0.25) is 0 Å². The molecule has 0 spiro atoms. The van der Waals surface area contributed by atoms with Crippen molar-refractivity contribution < 1.29 is 19.7 Å². The van der Waals surface area contributed by atoms with Gasteiger partial charge in [0.1, 0.15) is 6.10 Å². The van der Waals surface area contributed by atoms with E-state index in [0.29, 0.717) is 6.10 Å². The van der Waals surface area contributed by atoms with E-state index in [2.05, 4.69) is 12.2 Å². The van der Waals surface area contributed by atoms with Crippen LogP contribution in [0.4, 0.5) is 0 Å². The molecule has 2 atom stereocenters. The third-order valence-electron chi connectivity index (χ3n) is 1.82. The monoisotopic (exact) mass is 205 g/mol. The molecule has 1 rings (SSSR count). The lowest BCUT2D eigenvalue weighted by Gasteiger charge is -2.21. The number of aliphatic carboxylic acids is 1. The lowest BCUT2D eigenvalue weighted by atomic mass is 10.2. The molecule has 84 valence electrons. The number of aliphatic hydroxyl groups excluding tert-OH is 1. The first-order valence-electron chi connectivity index (χ1n) is 4.81. The summed E-state index contributed by atoms with van der Waals surface area (Å²) in [5.41, 5.74) is 0. The Labute approximate surface area is 84.1 Å². The van der Waals surface area contributed by atoms with E-state index in [4.69, 9.17) is 14.9 Å². The van der Waals surface area contributed by atoms with Crippen molar-refractivity contribution in [3.05, 3.63) is 0 Å². The van der Waals surface area contributed by atoms with E-state index < -0.39 is 12.1 Å². The topological polar surface area (TPSA) is 78.8 Å². The van der Waals surface area contributed by atoms with Crippen LogP contribution in [0.2, 0.25) is 0 Å². The Hall–Kier alpha value is -0.650. The summed E-state index contributed by atoms with van der Waals surface area (Å²) in [6.45, 7) is 6.30. The van der Waals surface area contributed by atoms with Crippen LogP contribution in [0.15, 0.2) is 0 Å². The summed E-state index contributed by atoms with van der Waals surface area (Å²) < 4.78 is 5.36. The zero-order valence-corrected chi connectivity index (χ0v) is 8.69. The number of aliphatic hydroxyl groups is 1. The molecule has 0 amide bonds. The first-order valence-corrected chi connectivity index (χ1v) is 4.81. The van der Waals surface area contributed by atoms with Crippen LogP contribution < -0.4 is 5.32 Å². The molecule has 2 unspecified atom stereocenters. The van der Waals surface area contributed by atoms with Gasteiger partial charge < -0.3 is 20.3 Å². The van der Waals surface area contributed by atoms with E-state index in [0.717, 1.165) is 26.1 Å². The quantitative estimate of drug-likeness (QED) is 0.583. The lowest BCUT2D eigenvalue weighted by molar-refractivity contribution is -0.145. The number of hydrogen-bond donors (Lipinski definition) is 3. The molecule has 1 aliphatic rings. The van der Waals surface area contributed by atoms with Gasteiger partial charge in [0, 0.05) is 13.1 Å². The van der Waals surface area contributed by atoms with Gasteiger partial charge in [-0.3, -0.25) is 0 Å². The maximum absolute atomic E-state index is 9.45. The van der Waals surface area contributed by atoms with Crippen molar-refractivity contribution in [2.45, 2.75) is 32.5 Å². The van der Waals surface area contributed by atoms with E-state index in [1.165, 1.54) is 6.92 Å². The van der Waals surface area contributed by atoms with Crippen LogP contribution in [0.5, 0.6) is 0 Å². The minimum atomic E-state index is -1.23. The van der Waals surface area contributed by atoms with E-state index in [1.807, 2.05) is 0 Å². The van der Waals surface area contributed by atoms with Crippen molar-refractivity contribution in [3.8, 4) is 0 Å². The average molecular weight is 205 g/mol. The molecule has 1 heterocycles. The lowest BCUT2D eigenvalue weighted by Crippen LogP contribution is -2.37. The standard InChI is InChI=1S/C6H13NO.C3H6O3/c1-2-6-5-7-3-4-8-6;1-2(4)3(5)6/h6-7H,2-5H2,1H3;2,4H,1H3,(H,5,6). The van der Waals surface area contributed by atoms with Gasteiger partial charge >= 0.3 is 5.97 Å². The van der Waals surface area contributed by atoms with Gasteiger partial charge in [-0.25, -0.2) is 4.79 Å². The SMILES string of the molecule is CC(O)C(=O)O.CCC1CNCCO1. The normalized spacial score (nSPS) is 23.2. The number of rotatable bonds is 2. The fraction of sp³-hybridized carbons (Fsp3) is 0.889. The summed E-state index contributed by atoms with van der Waals surface area (Å²) in [4.78, 5) is 9.45. The highest BCUT2D eigenvalue weighted by Gasteiger charge is 2.08. The molecule has 1 saturated heterocycles. The Morgan fingerprint density at radius 3 is 2.50 bits per heavy atom. The zero-order valence-electron chi connectivity index (χ0n) is 8.69. The fourth-order valence-corrected chi connectivity index (χ4v) is 0.882. The molecule has 0 saturated carbocycles. The van der Waals surface area contributed by atoms with Gasteiger partial charge in [0.15, 0.2) is 0 Å². The van der Waals surface area contributed by atoms with E-state index in [-0.39, 0.29) is 0 Å². The Balaban J connectivity index is 0.000000255. The number of nitrogens with one attached hydrogen (secondary N) is 1. The number of carboxylic acids is 1. The van der Waals surface area contributed by atoms with Gasteiger partial charge in [-0.2, -0.15) is 0 Å². The first-order chi connectivity index (χ1) is 6.57. The van der Waals surface area contributed by atoms with Gasteiger partial charge in [-0.1, -0.05) is 6.92 Å². The van der Waals surface area contributed by atoms with Crippen LogP contribution in [0, 0.1) is 0 Å². The van der Waals surface area contributed by atoms with Crippen molar-refractivity contribution in [1.82, 2.24) is 5.32 Å². The van der Waals surface area contributed by atoms with E-state index in [1.54, 1.807) is 0 Å². The second-order valence-electron chi connectivity index (χ2n) is 3.12. The van der Waals surface area contributed by atoms with Crippen molar-refractivity contribution in [1.29, 1.82) is 0 Å². The van der Waals surface area contributed by atoms with E-state index >= 15 is 0 Å². The molecule has 3 N–H and O–H groups in total. The molecular weight excluding hydrogens is 186 g/mol. The van der Waals surface area contributed by atoms with Crippen molar-refractivity contribution >= 4 is 5.97 Å². The van der Waals surface area contributed by atoms with Crippen LogP contribution >= 0.6 is 0 Å². The predicted octanol–water partition coefficient (Wildman–Crippen LogP) is -0.163. The number of carboxylic acid groups (broad SMARTS) is 1. The molecular formula is C9H19NO4. The minimum absolute atomic E-state index is 0.476. The van der Waals surface area contributed by atoms with Crippen molar-refractivity contribution in [2.75, 3.05) is 19.7 Å². The maximum Gasteiger partial charge on any atom is 0.332 e.